The first-order valence-electron chi connectivity index (χ1n) is 9.05. The smallest absolute Gasteiger partial charge is 0.387 e. The molecule has 2 heterocycles. The number of aliphatic hydroxyl groups is 1. The van der Waals surface area contributed by atoms with E-state index in [-0.39, 0.29) is 11.8 Å². The van der Waals surface area contributed by atoms with Crippen LogP contribution in [0.3, 0.4) is 0 Å². The van der Waals surface area contributed by atoms with Crippen LogP contribution in [0.5, 0.6) is 5.75 Å². The first-order valence-corrected chi connectivity index (χ1v) is 9.42. The zero-order valence-electron chi connectivity index (χ0n) is 14.9. The van der Waals surface area contributed by atoms with Crippen molar-refractivity contribution in [3.05, 3.63) is 47.9 Å². The van der Waals surface area contributed by atoms with Crippen LogP contribution in [0.4, 0.5) is 8.78 Å². The molecule has 0 spiro atoms. The summed E-state index contributed by atoms with van der Waals surface area (Å²) >= 11 is 6.12. The zero-order chi connectivity index (χ0) is 19.7. The van der Waals surface area contributed by atoms with Gasteiger partial charge in [0.05, 0.1) is 18.3 Å². The number of hydrogen-bond acceptors (Lipinski definition) is 4. The summed E-state index contributed by atoms with van der Waals surface area (Å²) in [5, 5.41) is 19.7. The molecule has 1 saturated carbocycles. The van der Waals surface area contributed by atoms with Gasteiger partial charge >= 0.3 is 6.61 Å². The van der Waals surface area contributed by atoms with Crippen molar-refractivity contribution in [1.82, 2.24) is 19.6 Å². The van der Waals surface area contributed by atoms with Crippen LogP contribution in [0, 0.1) is 0 Å². The third kappa shape index (κ3) is 3.74. The quantitative estimate of drug-likeness (QED) is 0.676. The molecule has 2 unspecified atom stereocenters. The summed E-state index contributed by atoms with van der Waals surface area (Å²) in [6, 6.07) is 5.99. The molecule has 148 valence electrons. The Balaban J connectivity index is 1.85. The van der Waals surface area contributed by atoms with E-state index in [1.54, 1.807) is 34.0 Å². The second-order valence-electron chi connectivity index (χ2n) is 6.73. The lowest BCUT2D eigenvalue weighted by Gasteiger charge is -2.27. The molecule has 1 aliphatic rings. The van der Waals surface area contributed by atoms with Crippen LogP contribution in [0.25, 0.3) is 16.9 Å². The average Bonchev–Trinajstić information content (AvgIpc) is 3.32. The fraction of sp³-hybridized carbons (Fsp3) is 0.368. The average molecular weight is 409 g/mol. The number of benzene rings is 1. The topological polar surface area (TPSA) is 65.1 Å². The molecule has 2 aromatic heterocycles. The summed E-state index contributed by atoms with van der Waals surface area (Å²) < 4.78 is 33.8. The summed E-state index contributed by atoms with van der Waals surface area (Å²) in [4.78, 5) is 0. The van der Waals surface area contributed by atoms with Crippen LogP contribution in [-0.4, -0.2) is 37.4 Å². The maximum atomic E-state index is 12.9. The maximum absolute atomic E-state index is 12.9. The molecule has 9 heteroatoms. The number of aliphatic hydroxyl groups excluding tert-OH is 1. The van der Waals surface area contributed by atoms with E-state index < -0.39 is 12.7 Å². The fourth-order valence-corrected chi connectivity index (χ4v) is 3.78. The molecule has 0 saturated heterocycles. The van der Waals surface area contributed by atoms with E-state index in [0.29, 0.717) is 28.4 Å². The number of aromatic nitrogens is 4. The molecule has 1 fully saturated rings. The van der Waals surface area contributed by atoms with Crippen molar-refractivity contribution in [2.24, 2.45) is 0 Å². The van der Waals surface area contributed by atoms with Crippen molar-refractivity contribution in [3.63, 3.8) is 0 Å². The Morgan fingerprint density at radius 2 is 2.07 bits per heavy atom. The van der Waals surface area contributed by atoms with Crippen molar-refractivity contribution >= 4 is 11.6 Å². The van der Waals surface area contributed by atoms with Gasteiger partial charge in [-0.25, -0.2) is 4.68 Å². The molecular formula is C19H19ClF2N4O2. The highest BCUT2D eigenvalue weighted by molar-refractivity contribution is 6.31. The van der Waals surface area contributed by atoms with Gasteiger partial charge in [0, 0.05) is 23.0 Å². The highest BCUT2D eigenvalue weighted by Gasteiger charge is 2.28. The minimum Gasteiger partial charge on any atom is -0.434 e. The standard InChI is InChI=1S/C19H19ClF2N4O2/c20-12-6-7-17(28-19(21)22)13(10-12)18-15(25-9-3-8-23-25)11-26(24-18)14-4-1-2-5-16(14)27/h3,6-11,14,16,19,27H,1-2,4-5H2. The Morgan fingerprint density at radius 1 is 1.25 bits per heavy atom. The maximum Gasteiger partial charge on any atom is 0.387 e. The molecule has 0 amide bonds. The minimum atomic E-state index is -2.98. The van der Waals surface area contributed by atoms with Crippen LogP contribution in [0.1, 0.15) is 31.7 Å². The lowest BCUT2D eigenvalue weighted by molar-refractivity contribution is -0.0494. The van der Waals surface area contributed by atoms with E-state index in [1.807, 2.05) is 0 Å². The second-order valence-corrected chi connectivity index (χ2v) is 7.17. The molecule has 3 aromatic rings. The SMILES string of the molecule is OC1CCCCC1n1cc(-n2cccn2)c(-c2cc(Cl)ccc2OC(F)F)n1. The monoisotopic (exact) mass is 408 g/mol. The van der Waals surface area contributed by atoms with Crippen molar-refractivity contribution in [1.29, 1.82) is 0 Å². The van der Waals surface area contributed by atoms with Gasteiger partial charge in [-0.05, 0) is 37.1 Å². The lowest BCUT2D eigenvalue weighted by Crippen LogP contribution is -2.27. The number of ether oxygens (including phenoxy) is 1. The van der Waals surface area contributed by atoms with Crippen LogP contribution in [0.15, 0.2) is 42.9 Å². The van der Waals surface area contributed by atoms with E-state index in [0.717, 1.165) is 19.3 Å². The van der Waals surface area contributed by atoms with Gasteiger partial charge in [-0.3, -0.25) is 4.68 Å². The van der Waals surface area contributed by atoms with E-state index >= 15 is 0 Å². The molecular weight excluding hydrogens is 390 g/mol. The first kappa shape index (κ1) is 18.9. The molecule has 6 nitrogen and oxygen atoms in total. The van der Waals surface area contributed by atoms with Gasteiger partial charge in [-0.2, -0.15) is 19.0 Å². The van der Waals surface area contributed by atoms with Gasteiger partial charge < -0.3 is 9.84 Å². The number of nitrogens with zero attached hydrogens (tertiary/aromatic N) is 4. The Hall–Kier alpha value is -2.45. The summed E-state index contributed by atoms with van der Waals surface area (Å²) in [5.41, 5.74) is 1.33. The van der Waals surface area contributed by atoms with Gasteiger partial charge in [-0.15, -0.1) is 0 Å². The number of rotatable bonds is 5. The van der Waals surface area contributed by atoms with Gasteiger partial charge in [0.25, 0.3) is 0 Å². The molecule has 0 aliphatic heterocycles. The normalized spacial score (nSPS) is 19.9. The summed E-state index contributed by atoms with van der Waals surface area (Å²) in [6.45, 7) is -2.98. The van der Waals surface area contributed by atoms with Crippen molar-refractivity contribution in [2.45, 2.75) is 44.4 Å². The summed E-state index contributed by atoms with van der Waals surface area (Å²) in [5.74, 6) is -0.0257. The molecule has 4 rings (SSSR count). The molecule has 1 aliphatic carbocycles. The summed E-state index contributed by atoms with van der Waals surface area (Å²) in [7, 11) is 0. The van der Waals surface area contributed by atoms with Gasteiger partial charge in [-0.1, -0.05) is 24.4 Å². The molecule has 1 N–H and O–H groups in total. The predicted molar refractivity (Wildman–Crippen MR) is 99.9 cm³/mol. The third-order valence-electron chi connectivity index (χ3n) is 4.91. The Kier molecular flexibility index (Phi) is 5.32. The Morgan fingerprint density at radius 3 is 2.79 bits per heavy atom. The van der Waals surface area contributed by atoms with Crippen molar-refractivity contribution in [3.8, 4) is 22.7 Å². The zero-order valence-corrected chi connectivity index (χ0v) is 15.6. The highest BCUT2D eigenvalue weighted by Crippen LogP contribution is 2.38. The van der Waals surface area contributed by atoms with Crippen molar-refractivity contribution in [2.75, 3.05) is 0 Å². The fourth-order valence-electron chi connectivity index (χ4n) is 3.61. The number of hydrogen-bond donors (Lipinski definition) is 1. The van der Waals surface area contributed by atoms with E-state index in [4.69, 9.17) is 11.6 Å². The molecule has 2 atom stereocenters. The lowest BCUT2D eigenvalue weighted by atomic mass is 9.93. The highest BCUT2D eigenvalue weighted by atomic mass is 35.5. The van der Waals surface area contributed by atoms with Gasteiger partial charge in [0.15, 0.2) is 0 Å². The van der Waals surface area contributed by atoms with E-state index in [2.05, 4.69) is 14.9 Å². The predicted octanol–water partition coefficient (Wildman–Crippen LogP) is 4.47. The largest absolute Gasteiger partial charge is 0.434 e. The van der Waals surface area contributed by atoms with Crippen LogP contribution >= 0.6 is 11.6 Å². The molecule has 28 heavy (non-hydrogen) atoms. The number of alkyl halides is 2. The second kappa shape index (κ2) is 7.89. The van der Waals surface area contributed by atoms with Crippen LogP contribution < -0.4 is 4.74 Å². The first-order chi connectivity index (χ1) is 13.5. The number of halogens is 3. The summed E-state index contributed by atoms with van der Waals surface area (Å²) in [6.07, 6.45) is 8.07. The Bertz CT molecular complexity index is 946. The van der Waals surface area contributed by atoms with Gasteiger partial charge in [0.2, 0.25) is 0 Å². The third-order valence-corrected chi connectivity index (χ3v) is 5.15. The molecule has 0 radical (unpaired) electrons. The molecule has 0 bridgehead atoms. The molecule has 1 aromatic carbocycles. The van der Waals surface area contributed by atoms with Crippen LogP contribution in [-0.2, 0) is 0 Å². The Labute approximate surface area is 165 Å². The van der Waals surface area contributed by atoms with E-state index in [9.17, 15) is 13.9 Å². The van der Waals surface area contributed by atoms with Gasteiger partial charge in [0.1, 0.15) is 17.1 Å². The van der Waals surface area contributed by atoms with Crippen LogP contribution in [0.2, 0.25) is 5.02 Å². The van der Waals surface area contributed by atoms with E-state index in [1.165, 1.54) is 18.2 Å². The van der Waals surface area contributed by atoms with Crippen molar-refractivity contribution < 1.29 is 18.6 Å². The minimum absolute atomic E-state index is 0.0257.